The van der Waals surface area contributed by atoms with Gasteiger partial charge in [0.05, 0.1) is 6.42 Å². The van der Waals surface area contributed by atoms with Gasteiger partial charge in [-0.05, 0) is 65.7 Å². The standard InChI is InChI=1S/C24H22N2O2/c25-20-8-12-22(13-9-20)27-24(28-23-14-10-21(26)11-15-23)16-4-7-19(17-24)18-5-2-1-3-6-18/h1-16H,17,25-26H2. The Morgan fingerprint density at radius 2 is 1.21 bits per heavy atom. The van der Waals surface area contributed by atoms with Crippen molar-refractivity contribution >= 4 is 16.9 Å². The quantitative estimate of drug-likeness (QED) is 0.487. The summed E-state index contributed by atoms with van der Waals surface area (Å²) in [6.07, 6.45) is 6.56. The number of allylic oxidation sites excluding steroid dienone is 2. The van der Waals surface area contributed by atoms with Crippen molar-refractivity contribution < 1.29 is 9.47 Å². The van der Waals surface area contributed by atoms with E-state index in [1.54, 1.807) is 0 Å². The predicted octanol–water partition coefficient (Wildman–Crippen LogP) is 5.05. The van der Waals surface area contributed by atoms with Crippen molar-refractivity contribution in [1.29, 1.82) is 0 Å². The number of benzene rings is 3. The molecule has 1 aliphatic rings. The van der Waals surface area contributed by atoms with Crippen molar-refractivity contribution in [3.05, 3.63) is 103 Å². The molecular weight excluding hydrogens is 348 g/mol. The van der Waals surface area contributed by atoms with Gasteiger partial charge in [-0.15, -0.1) is 0 Å². The summed E-state index contributed by atoms with van der Waals surface area (Å²) in [4.78, 5) is 0. The molecule has 0 unspecified atom stereocenters. The van der Waals surface area contributed by atoms with E-state index in [1.165, 1.54) is 0 Å². The first-order chi connectivity index (χ1) is 13.6. The largest absolute Gasteiger partial charge is 0.448 e. The zero-order valence-corrected chi connectivity index (χ0v) is 15.4. The second-order valence-electron chi connectivity index (χ2n) is 6.75. The maximum absolute atomic E-state index is 6.35. The average Bonchev–Trinajstić information content (AvgIpc) is 2.72. The minimum atomic E-state index is -0.980. The zero-order valence-electron chi connectivity index (χ0n) is 15.4. The summed E-state index contributed by atoms with van der Waals surface area (Å²) < 4.78 is 12.7. The number of ether oxygens (including phenoxy) is 2. The van der Waals surface area contributed by atoms with Gasteiger partial charge in [-0.2, -0.15) is 0 Å². The Balaban J connectivity index is 1.67. The van der Waals surface area contributed by atoms with Gasteiger partial charge in [-0.25, -0.2) is 0 Å². The highest BCUT2D eigenvalue weighted by Gasteiger charge is 2.35. The van der Waals surface area contributed by atoms with Crippen LogP contribution < -0.4 is 20.9 Å². The summed E-state index contributed by atoms with van der Waals surface area (Å²) in [5, 5.41) is 0. The number of hydrogen-bond acceptors (Lipinski definition) is 4. The van der Waals surface area contributed by atoms with Gasteiger partial charge in [0.25, 0.3) is 5.79 Å². The predicted molar refractivity (Wildman–Crippen MR) is 114 cm³/mol. The molecule has 0 aliphatic heterocycles. The Morgan fingerprint density at radius 3 is 1.75 bits per heavy atom. The van der Waals surface area contributed by atoms with Gasteiger partial charge in [-0.1, -0.05) is 42.5 Å². The normalized spacial score (nSPS) is 14.9. The summed E-state index contributed by atoms with van der Waals surface area (Å²) in [6, 6.07) is 24.9. The third-order valence-electron chi connectivity index (χ3n) is 4.57. The molecule has 0 aromatic heterocycles. The first-order valence-electron chi connectivity index (χ1n) is 9.15. The van der Waals surface area contributed by atoms with Crippen LogP contribution in [0, 0.1) is 0 Å². The van der Waals surface area contributed by atoms with E-state index < -0.39 is 5.79 Å². The van der Waals surface area contributed by atoms with Crippen molar-refractivity contribution in [2.75, 3.05) is 11.5 Å². The highest BCUT2D eigenvalue weighted by Crippen LogP contribution is 2.36. The van der Waals surface area contributed by atoms with Crippen LogP contribution in [0.25, 0.3) is 5.57 Å². The van der Waals surface area contributed by atoms with E-state index in [2.05, 4.69) is 18.2 Å². The number of nitrogens with two attached hydrogens (primary N) is 2. The van der Waals surface area contributed by atoms with Crippen molar-refractivity contribution in [2.24, 2.45) is 0 Å². The molecule has 0 bridgehead atoms. The van der Waals surface area contributed by atoms with Gasteiger partial charge in [0.15, 0.2) is 0 Å². The smallest absolute Gasteiger partial charge is 0.275 e. The lowest BCUT2D eigenvalue weighted by Crippen LogP contribution is -2.41. The molecule has 0 atom stereocenters. The van der Waals surface area contributed by atoms with Crippen molar-refractivity contribution in [1.82, 2.24) is 0 Å². The minimum absolute atomic E-state index is 0.558. The molecule has 0 radical (unpaired) electrons. The number of hydrogen-bond donors (Lipinski definition) is 2. The molecule has 1 aliphatic carbocycles. The highest BCUT2D eigenvalue weighted by atomic mass is 16.7. The maximum Gasteiger partial charge on any atom is 0.275 e. The third-order valence-corrected chi connectivity index (χ3v) is 4.57. The van der Waals surface area contributed by atoms with E-state index in [-0.39, 0.29) is 0 Å². The van der Waals surface area contributed by atoms with Gasteiger partial charge >= 0.3 is 0 Å². The van der Waals surface area contributed by atoms with Gasteiger partial charge < -0.3 is 20.9 Å². The molecule has 0 amide bonds. The molecule has 4 nitrogen and oxygen atoms in total. The zero-order chi connectivity index (χ0) is 19.4. The molecule has 0 saturated carbocycles. The van der Waals surface area contributed by atoms with Crippen LogP contribution in [-0.2, 0) is 0 Å². The lowest BCUT2D eigenvalue weighted by molar-refractivity contribution is -0.0667. The molecule has 0 fully saturated rings. The second-order valence-corrected chi connectivity index (χ2v) is 6.75. The molecule has 4 N–H and O–H groups in total. The first kappa shape index (κ1) is 17.7. The topological polar surface area (TPSA) is 70.5 Å². The van der Waals surface area contributed by atoms with Gasteiger partial charge in [0.1, 0.15) is 11.5 Å². The number of rotatable bonds is 5. The molecule has 28 heavy (non-hydrogen) atoms. The molecule has 0 spiro atoms. The summed E-state index contributed by atoms with van der Waals surface area (Å²) >= 11 is 0. The average molecular weight is 370 g/mol. The van der Waals surface area contributed by atoms with Gasteiger partial charge in [-0.3, -0.25) is 0 Å². The molecule has 3 aromatic rings. The maximum atomic E-state index is 6.35. The van der Waals surface area contributed by atoms with E-state index in [9.17, 15) is 0 Å². The Hall–Kier alpha value is -3.66. The Labute approximate surface area is 164 Å². The van der Waals surface area contributed by atoms with E-state index in [0.29, 0.717) is 29.3 Å². The van der Waals surface area contributed by atoms with Crippen LogP contribution in [0.2, 0.25) is 0 Å². The molecule has 0 saturated heterocycles. The monoisotopic (exact) mass is 370 g/mol. The van der Waals surface area contributed by atoms with Crippen LogP contribution in [-0.4, -0.2) is 5.79 Å². The van der Waals surface area contributed by atoms with Crippen molar-refractivity contribution in [3.8, 4) is 11.5 Å². The van der Waals surface area contributed by atoms with Crippen molar-refractivity contribution in [2.45, 2.75) is 12.2 Å². The van der Waals surface area contributed by atoms with Crippen LogP contribution in [0.5, 0.6) is 11.5 Å². The summed E-state index contributed by atoms with van der Waals surface area (Å²) in [7, 11) is 0. The summed E-state index contributed by atoms with van der Waals surface area (Å²) in [5.41, 5.74) is 15.3. The first-order valence-corrected chi connectivity index (χ1v) is 9.15. The Bertz CT molecular complexity index is 944. The molecule has 0 heterocycles. The van der Waals surface area contributed by atoms with Crippen LogP contribution in [0.1, 0.15) is 12.0 Å². The van der Waals surface area contributed by atoms with Crippen LogP contribution in [0.3, 0.4) is 0 Å². The fraction of sp³-hybridized carbons (Fsp3) is 0.0833. The molecule has 3 aromatic carbocycles. The SMILES string of the molecule is Nc1ccc(OC2(Oc3ccc(N)cc3)C=CC=C(c3ccccc3)C2)cc1. The second kappa shape index (κ2) is 7.53. The minimum Gasteiger partial charge on any atom is -0.448 e. The fourth-order valence-electron chi connectivity index (χ4n) is 3.18. The van der Waals surface area contributed by atoms with E-state index in [1.807, 2.05) is 78.9 Å². The lowest BCUT2D eigenvalue weighted by atomic mass is 9.93. The van der Waals surface area contributed by atoms with Gasteiger partial charge in [0, 0.05) is 11.4 Å². The summed E-state index contributed by atoms with van der Waals surface area (Å²) in [6.45, 7) is 0. The van der Waals surface area contributed by atoms with E-state index in [4.69, 9.17) is 20.9 Å². The Kier molecular flexibility index (Phi) is 4.77. The summed E-state index contributed by atoms with van der Waals surface area (Å²) in [5.74, 6) is 0.388. The fourth-order valence-corrected chi connectivity index (χ4v) is 3.18. The van der Waals surface area contributed by atoms with Crippen LogP contribution >= 0.6 is 0 Å². The molecule has 4 rings (SSSR count). The lowest BCUT2D eigenvalue weighted by Gasteiger charge is -2.34. The number of anilines is 2. The highest BCUT2D eigenvalue weighted by molar-refractivity contribution is 5.69. The van der Waals surface area contributed by atoms with Crippen LogP contribution in [0.15, 0.2) is 97.1 Å². The molecule has 4 heteroatoms. The van der Waals surface area contributed by atoms with Crippen LogP contribution in [0.4, 0.5) is 11.4 Å². The third kappa shape index (κ3) is 4.01. The number of nitrogen functional groups attached to an aromatic ring is 2. The van der Waals surface area contributed by atoms with Gasteiger partial charge in [0.2, 0.25) is 0 Å². The molecular formula is C24H22N2O2. The van der Waals surface area contributed by atoms with E-state index >= 15 is 0 Å². The molecule has 140 valence electrons. The Morgan fingerprint density at radius 1 is 0.679 bits per heavy atom. The van der Waals surface area contributed by atoms with E-state index in [0.717, 1.165) is 11.1 Å². The van der Waals surface area contributed by atoms with Crippen molar-refractivity contribution in [3.63, 3.8) is 0 Å².